The molecule has 1 saturated heterocycles. The number of imidazole rings is 1. The lowest BCUT2D eigenvalue weighted by Gasteiger charge is -2.19. The Morgan fingerprint density at radius 3 is 2.70 bits per heavy atom. The zero-order valence-corrected chi connectivity index (χ0v) is 18.5. The molecule has 13 heteroatoms. The molecule has 3 heterocycles. The van der Waals surface area contributed by atoms with Crippen LogP contribution < -0.4 is 16.6 Å². The lowest BCUT2D eigenvalue weighted by molar-refractivity contribution is -0.0459. The van der Waals surface area contributed by atoms with Crippen LogP contribution in [-0.2, 0) is 15.9 Å². The molecule has 0 bridgehead atoms. The monoisotopic (exact) mass is 465 g/mol. The predicted molar refractivity (Wildman–Crippen MR) is 113 cm³/mol. The van der Waals surface area contributed by atoms with Gasteiger partial charge in [-0.1, -0.05) is 0 Å². The molecule has 4 N–H and O–H groups in total. The highest BCUT2D eigenvalue weighted by atomic mass is 16.6. The number of nitrogens with one attached hydrogen (secondary N) is 2. The van der Waals surface area contributed by atoms with E-state index in [2.05, 4.69) is 15.3 Å². The second-order valence-corrected chi connectivity index (χ2v) is 8.58. The second kappa shape index (κ2) is 9.68. The summed E-state index contributed by atoms with van der Waals surface area (Å²) in [5.74, 6) is -0.728. The Morgan fingerprint density at radius 1 is 1.33 bits per heavy atom. The Kier molecular flexibility index (Phi) is 7.15. The number of hydrogen-bond acceptors (Lipinski definition) is 9. The number of hydrogen-bond donors (Lipinski definition) is 4. The molecule has 2 aromatic heterocycles. The van der Waals surface area contributed by atoms with Crippen LogP contribution in [0.5, 0.6) is 0 Å². The second-order valence-electron chi connectivity index (χ2n) is 8.58. The number of H-pyrrole nitrogens is 1. The smallest absolute Gasteiger partial charge is 0.419 e. The molecular formula is C20H27N5O8. The third-order valence-corrected chi connectivity index (χ3v) is 4.81. The summed E-state index contributed by atoms with van der Waals surface area (Å²) in [5.41, 5.74) is -2.14. The van der Waals surface area contributed by atoms with Crippen molar-refractivity contribution < 1.29 is 29.3 Å². The van der Waals surface area contributed by atoms with E-state index >= 15 is 0 Å². The molecule has 0 aliphatic carbocycles. The number of carbonyl (C=O) groups excluding carboxylic acids is 2. The summed E-state index contributed by atoms with van der Waals surface area (Å²) in [4.78, 5) is 55.0. The van der Waals surface area contributed by atoms with Crippen LogP contribution in [0.3, 0.4) is 0 Å². The van der Waals surface area contributed by atoms with Gasteiger partial charge in [0.15, 0.2) is 0 Å². The molecule has 0 saturated carbocycles. The lowest BCUT2D eigenvalue weighted by atomic mass is 10.2. The first-order valence-electron chi connectivity index (χ1n) is 10.3. The molecule has 1 amide bonds. The number of carbonyl (C=O) groups is 2. The van der Waals surface area contributed by atoms with Gasteiger partial charge in [-0.25, -0.2) is 19.1 Å². The van der Waals surface area contributed by atoms with Crippen molar-refractivity contribution in [1.29, 1.82) is 0 Å². The first kappa shape index (κ1) is 24.4. The average molecular weight is 465 g/mol. The fourth-order valence-corrected chi connectivity index (χ4v) is 3.22. The van der Waals surface area contributed by atoms with E-state index < -0.39 is 53.9 Å². The van der Waals surface area contributed by atoms with Crippen LogP contribution >= 0.6 is 0 Å². The first-order valence-corrected chi connectivity index (χ1v) is 10.3. The van der Waals surface area contributed by atoms with Crippen LogP contribution in [0, 0.1) is 0 Å². The Hall–Kier alpha value is -3.29. The van der Waals surface area contributed by atoms with Gasteiger partial charge in [-0.05, 0) is 20.8 Å². The van der Waals surface area contributed by atoms with Crippen molar-refractivity contribution in [2.75, 3.05) is 13.2 Å². The van der Waals surface area contributed by atoms with E-state index in [0.717, 1.165) is 10.8 Å². The van der Waals surface area contributed by atoms with Gasteiger partial charge in [-0.15, -0.1) is 0 Å². The molecule has 3 rings (SSSR count). The van der Waals surface area contributed by atoms with Crippen LogP contribution in [0.25, 0.3) is 0 Å². The van der Waals surface area contributed by atoms with Crippen molar-refractivity contribution >= 4 is 12.0 Å². The molecule has 33 heavy (non-hydrogen) atoms. The molecule has 13 nitrogen and oxygen atoms in total. The Morgan fingerprint density at radius 2 is 2.06 bits per heavy atom. The van der Waals surface area contributed by atoms with Crippen LogP contribution in [0.1, 0.15) is 49.5 Å². The number of aliphatic hydroxyl groups is 2. The van der Waals surface area contributed by atoms with Crippen LogP contribution in [0.4, 0.5) is 4.79 Å². The van der Waals surface area contributed by atoms with E-state index in [-0.39, 0.29) is 24.9 Å². The first-order chi connectivity index (χ1) is 15.5. The summed E-state index contributed by atoms with van der Waals surface area (Å²) in [6.07, 6.45) is 0.753. The number of amides is 1. The van der Waals surface area contributed by atoms with Crippen molar-refractivity contribution in [2.24, 2.45) is 0 Å². The molecule has 3 atom stereocenters. The van der Waals surface area contributed by atoms with Gasteiger partial charge in [0.2, 0.25) is 0 Å². The van der Waals surface area contributed by atoms with Gasteiger partial charge in [-0.3, -0.25) is 19.1 Å². The fraction of sp³-hybridized carbons (Fsp3) is 0.550. The highest BCUT2D eigenvalue weighted by Gasteiger charge is 2.35. The van der Waals surface area contributed by atoms with E-state index in [1.54, 1.807) is 20.8 Å². The van der Waals surface area contributed by atoms with Crippen molar-refractivity contribution in [2.45, 2.75) is 57.6 Å². The van der Waals surface area contributed by atoms with Gasteiger partial charge in [-0.2, -0.15) is 0 Å². The number of nitrogens with zero attached hydrogens (tertiary/aromatic N) is 3. The van der Waals surface area contributed by atoms with Gasteiger partial charge in [0.25, 0.3) is 11.5 Å². The summed E-state index contributed by atoms with van der Waals surface area (Å²) >= 11 is 0. The fourth-order valence-electron chi connectivity index (χ4n) is 3.22. The SMILES string of the molecule is CC(C)(C)OC(=O)n1cnc(CCNC(=O)c2cn([C@H]3C[C@H](O)[C@@H](CO)O3)c(=O)[nH]c2=O)c1. The van der Waals surface area contributed by atoms with Gasteiger partial charge in [0.05, 0.1) is 18.4 Å². The zero-order chi connectivity index (χ0) is 24.3. The zero-order valence-electron chi connectivity index (χ0n) is 18.5. The summed E-state index contributed by atoms with van der Waals surface area (Å²) in [6, 6.07) is 0. The van der Waals surface area contributed by atoms with E-state index in [4.69, 9.17) is 9.47 Å². The molecule has 1 aliphatic rings. The van der Waals surface area contributed by atoms with Crippen molar-refractivity contribution in [1.82, 2.24) is 24.4 Å². The van der Waals surface area contributed by atoms with Crippen molar-refractivity contribution in [3.05, 3.63) is 50.8 Å². The number of aromatic nitrogens is 4. The standard InChI is InChI=1S/C20H27N5O8/c1-20(2,3)33-19(31)24-7-11(22-10-24)4-5-21-16(28)12-8-25(18(30)23-17(12)29)15-6-13(27)14(9-26)32-15/h7-8,10,13-15,26-27H,4-6,9H2,1-3H3,(H,21,28)(H,23,29,30)/t13-,14+,15+/m0/s1. The normalized spacial score (nSPS) is 20.6. The van der Waals surface area contributed by atoms with Crippen molar-refractivity contribution in [3.8, 4) is 0 Å². The number of aliphatic hydroxyl groups excluding tert-OH is 2. The third-order valence-electron chi connectivity index (χ3n) is 4.81. The van der Waals surface area contributed by atoms with E-state index in [1.807, 2.05) is 0 Å². The molecule has 2 aromatic rings. The highest BCUT2D eigenvalue weighted by Crippen LogP contribution is 2.27. The summed E-state index contributed by atoms with van der Waals surface area (Å²) in [5, 5.41) is 21.6. The Labute approximate surface area is 188 Å². The van der Waals surface area contributed by atoms with Gasteiger partial charge < -0.3 is 25.0 Å². The van der Waals surface area contributed by atoms with E-state index in [9.17, 15) is 29.4 Å². The summed E-state index contributed by atoms with van der Waals surface area (Å²) in [6.45, 7) is 4.90. The van der Waals surface area contributed by atoms with Gasteiger partial charge >= 0.3 is 11.8 Å². The van der Waals surface area contributed by atoms with Gasteiger partial charge in [0.1, 0.15) is 29.8 Å². The minimum Gasteiger partial charge on any atom is -0.443 e. The van der Waals surface area contributed by atoms with E-state index in [0.29, 0.717) is 5.69 Å². The summed E-state index contributed by atoms with van der Waals surface area (Å²) in [7, 11) is 0. The van der Waals surface area contributed by atoms with Crippen LogP contribution in [-0.4, -0.2) is 72.3 Å². The molecular weight excluding hydrogens is 438 g/mol. The quantitative estimate of drug-likeness (QED) is 0.422. The molecule has 180 valence electrons. The molecule has 1 aliphatic heterocycles. The van der Waals surface area contributed by atoms with Crippen LogP contribution in [0.15, 0.2) is 28.3 Å². The predicted octanol–water partition coefficient (Wildman–Crippen LogP) is -0.870. The maximum absolute atomic E-state index is 12.5. The number of rotatable bonds is 6. The molecule has 1 fully saturated rings. The molecule has 0 unspecified atom stereocenters. The minimum atomic E-state index is -0.989. The third kappa shape index (κ3) is 5.94. The molecule has 0 spiro atoms. The van der Waals surface area contributed by atoms with Crippen molar-refractivity contribution in [3.63, 3.8) is 0 Å². The highest BCUT2D eigenvalue weighted by molar-refractivity contribution is 5.93. The van der Waals surface area contributed by atoms with E-state index in [1.165, 1.54) is 17.1 Å². The number of ether oxygens (including phenoxy) is 2. The number of aromatic amines is 1. The molecule has 0 aromatic carbocycles. The Bertz CT molecular complexity index is 1130. The summed E-state index contributed by atoms with van der Waals surface area (Å²) < 4.78 is 12.8. The minimum absolute atomic E-state index is 0.0124. The average Bonchev–Trinajstić information content (AvgIpc) is 3.33. The molecule has 0 radical (unpaired) electrons. The lowest BCUT2D eigenvalue weighted by Crippen LogP contribution is -2.38. The van der Waals surface area contributed by atoms with Crippen LogP contribution in [0.2, 0.25) is 0 Å². The van der Waals surface area contributed by atoms with Gasteiger partial charge in [0, 0.05) is 31.8 Å². The topological polar surface area (TPSA) is 178 Å². The maximum atomic E-state index is 12.5. The Balaban J connectivity index is 1.63. The largest absolute Gasteiger partial charge is 0.443 e. The maximum Gasteiger partial charge on any atom is 0.419 e.